The van der Waals surface area contributed by atoms with Crippen LogP contribution in [0, 0.1) is 0 Å². The minimum atomic E-state index is -3.38. The van der Waals surface area contributed by atoms with Gasteiger partial charge in [-0.3, -0.25) is 0 Å². The van der Waals surface area contributed by atoms with E-state index in [1.54, 1.807) is 24.3 Å². The molecule has 6 nitrogen and oxygen atoms in total. The van der Waals surface area contributed by atoms with Crippen molar-refractivity contribution in [1.82, 2.24) is 4.72 Å². The van der Waals surface area contributed by atoms with Crippen LogP contribution in [-0.4, -0.2) is 39.9 Å². The maximum absolute atomic E-state index is 11.8. The number of hydrogen-bond acceptors (Lipinski definition) is 5. The number of nitrogens with one attached hydrogen (secondary N) is 1. The highest BCUT2D eigenvalue weighted by atomic mass is 32.2. The van der Waals surface area contributed by atoms with E-state index in [-0.39, 0.29) is 19.0 Å². The predicted molar refractivity (Wildman–Crippen MR) is 74.0 cm³/mol. The van der Waals surface area contributed by atoms with Gasteiger partial charge in [-0.25, -0.2) is 13.1 Å². The Labute approximate surface area is 113 Å². The Balaban J connectivity index is 2.34. The molecular weight excluding hydrogens is 268 g/mol. The molecule has 0 spiro atoms. The summed E-state index contributed by atoms with van der Waals surface area (Å²) in [7, 11) is -3.38. The predicted octanol–water partition coefficient (Wildman–Crippen LogP) is 0.0872. The van der Waals surface area contributed by atoms with Gasteiger partial charge in [0.15, 0.2) is 0 Å². The molecule has 7 heteroatoms. The minimum Gasteiger partial charge on any atom is -0.398 e. The molecule has 1 aromatic rings. The molecule has 0 bridgehead atoms. The SMILES string of the molecule is Nc1ccccc1CS(=O)(=O)NCCCOCCO. The number of ether oxygens (including phenoxy) is 1. The van der Waals surface area contributed by atoms with Gasteiger partial charge in [-0.15, -0.1) is 0 Å². The maximum atomic E-state index is 11.8. The smallest absolute Gasteiger partial charge is 0.215 e. The molecule has 0 aromatic heterocycles. The van der Waals surface area contributed by atoms with Crippen LogP contribution < -0.4 is 10.5 Å². The van der Waals surface area contributed by atoms with Gasteiger partial charge in [0, 0.05) is 18.8 Å². The molecular formula is C12H20N2O4S. The summed E-state index contributed by atoms with van der Waals surface area (Å²) < 4.78 is 31.1. The van der Waals surface area contributed by atoms with Crippen molar-refractivity contribution in [3.8, 4) is 0 Å². The number of sulfonamides is 1. The normalized spacial score (nSPS) is 11.6. The molecule has 0 aliphatic rings. The number of hydrogen-bond donors (Lipinski definition) is 3. The van der Waals surface area contributed by atoms with Crippen molar-refractivity contribution in [3.05, 3.63) is 29.8 Å². The molecule has 0 saturated carbocycles. The lowest BCUT2D eigenvalue weighted by atomic mass is 10.2. The minimum absolute atomic E-state index is 0.0288. The second kappa shape index (κ2) is 8.11. The van der Waals surface area contributed by atoms with Crippen molar-refractivity contribution in [2.45, 2.75) is 12.2 Å². The van der Waals surface area contributed by atoms with E-state index < -0.39 is 10.0 Å². The number of benzene rings is 1. The Kier molecular flexibility index (Phi) is 6.79. The molecule has 1 aromatic carbocycles. The van der Waals surface area contributed by atoms with Crippen molar-refractivity contribution in [1.29, 1.82) is 0 Å². The first-order valence-corrected chi connectivity index (χ1v) is 7.70. The number of aliphatic hydroxyl groups excluding tert-OH is 1. The summed E-state index contributed by atoms with van der Waals surface area (Å²) in [6.45, 7) is 0.962. The monoisotopic (exact) mass is 288 g/mol. The van der Waals surface area contributed by atoms with Crippen LogP contribution in [-0.2, 0) is 20.5 Å². The first-order valence-electron chi connectivity index (χ1n) is 6.04. The Hall–Kier alpha value is -1.15. The molecule has 4 N–H and O–H groups in total. The van der Waals surface area contributed by atoms with Crippen LogP contribution in [0.1, 0.15) is 12.0 Å². The highest BCUT2D eigenvalue weighted by Gasteiger charge is 2.12. The second-order valence-corrected chi connectivity index (χ2v) is 5.85. The molecule has 0 unspecified atom stereocenters. The quantitative estimate of drug-likeness (QED) is 0.441. The summed E-state index contributed by atoms with van der Waals surface area (Å²) in [5, 5.41) is 8.49. The Morgan fingerprint density at radius 1 is 1.26 bits per heavy atom. The summed E-state index contributed by atoms with van der Waals surface area (Å²) in [4.78, 5) is 0. The van der Waals surface area contributed by atoms with Crippen molar-refractivity contribution in [3.63, 3.8) is 0 Å². The van der Waals surface area contributed by atoms with E-state index in [2.05, 4.69) is 4.72 Å². The number of nitrogens with two attached hydrogens (primary N) is 1. The van der Waals surface area contributed by atoms with Gasteiger partial charge in [-0.1, -0.05) is 18.2 Å². The number of nitrogen functional groups attached to an aromatic ring is 1. The van der Waals surface area contributed by atoms with Gasteiger partial charge in [0.2, 0.25) is 10.0 Å². The fourth-order valence-electron chi connectivity index (χ4n) is 1.49. The molecule has 0 fully saturated rings. The van der Waals surface area contributed by atoms with E-state index >= 15 is 0 Å². The highest BCUT2D eigenvalue weighted by Crippen LogP contribution is 2.13. The maximum Gasteiger partial charge on any atom is 0.215 e. The fourth-order valence-corrected chi connectivity index (χ4v) is 2.72. The van der Waals surface area contributed by atoms with Crippen LogP contribution in [0.5, 0.6) is 0 Å². The van der Waals surface area contributed by atoms with Crippen LogP contribution in [0.25, 0.3) is 0 Å². The number of para-hydroxylation sites is 1. The average molecular weight is 288 g/mol. The lowest BCUT2D eigenvalue weighted by Gasteiger charge is -2.08. The average Bonchev–Trinajstić information content (AvgIpc) is 2.36. The second-order valence-electron chi connectivity index (χ2n) is 4.04. The highest BCUT2D eigenvalue weighted by molar-refractivity contribution is 7.88. The van der Waals surface area contributed by atoms with Crippen LogP contribution in [0.2, 0.25) is 0 Å². The molecule has 19 heavy (non-hydrogen) atoms. The summed E-state index contributed by atoms with van der Waals surface area (Å²) in [6, 6.07) is 6.88. The molecule has 0 amide bonds. The third kappa shape index (κ3) is 6.53. The summed E-state index contributed by atoms with van der Waals surface area (Å²) in [5.41, 5.74) is 6.76. The number of anilines is 1. The van der Waals surface area contributed by atoms with Crippen molar-refractivity contribution < 1.29 is 18.3 Å². The van der Waals surface area contributed by atoms with E-state index in [0.717, 1.165) is 0 Å². The largest absolute Gasteiger partial charge is 0.398 e. The van der Waals surface area contributed by atoms with E-state index in [1.807, 2.05) is 0 Å². The Morgan fingerprint density at radius 2 is 2.00 bits per heavy atom. The van der Waals surface area contributed by atoms with Crippen LogP contribution in [0.3, 0.4) is 0 Å². The van der Waals surface area contributed by atoms with Crippen molar-refractivity contribution in [2.75, 3.05) is 32.1 Å². The first kappa shape index (κ1) is 15.9. The molecule has 0 aliphatic carbocycles. The third-order valence-electron chi connectivity index (χ3n) is 2.42. The van der Waals surface area contributed by atoms with Crippen LogP contribution in [0.4, 0.5) is 5.69 Å². The number of rotatable bonds is 9. The van der Waals surface area contributed by atoms with Gasteiger partial charge >= 0.3 is 0 Å². The van der Waals surface area contributed by atoms with E-state index in [9.17, 15) is 8.42 Å². The lowest BCUT2D eigenvalue weighted by Crippen LogP contribution is -2.27. The zero-order valence-corrected chi connectivity index (χ0v) is 11.5. The van der Waals surface area contributed by atoms with Crippen LogP contribution >= 0.6 is 0 Å². The summed E-state index contributed by atoms with van der Waals surface area (Å²) in [6.07, 6.45) is 0.559. The van der Waals surface area contributed by atoms with Gasteiger partial charge in [0.1, 0.15) is 0 Å². The summed E-state index contributed by atoms with van der Waals surface area (Å²) in [5.74, 6) is -0.128. The van der Waals surface area contributed by atoms with Gasteiger partial charge in [-0.2, -0.15) is 0 Å². The van der Waals surface area contributed by atoms with Crippen molar-refractivity contribution >= 4 is 15.7 Å². The summed E-state index contributed by atoms with van der Waals surface area (Å²) >= 11 is 0. The zero-order chi connectivity index (χ0) is 14.1. The molecule has 108 valence electrons. The molecule has 0 atom stereocenters. The molecule has 0 heterocycles. The molecule has 0 aliphatic heterocycles. The van der Waals surface area contributed by atoms with Crippen molar-refractivity contribution in [2.24, 2.45) is 0 Å². The lowest BCUT2D eigenvalue weighted by molar-refractivity contribution is 0.0913. The molecule has 1 rings (SSSR count). The van der Waals surface area contributed by atoms with E-state index in [1.165, 1.54) is 0 Å². The standard InChI is InChI=1S/C12H20N2O4S/c13-12-5-2-1-4-11(12)10-19(16,17)14-6-3-8-18-9-7-15/h1-2,4-5,14-15H,3,6-10,13H2. The Bertz CT molecular complexity index is 476. The molecule has 0 radical (unpaired) electrons. The van der Waals surface area contributed by atoms with Gasteiger partial charge in [0.25, 0.3) is 0 Å². The topological polar surface area (TPSA) is 102 Å². The van der Waals surface area contributed by atoms with E-state index in [4.69, 9.17) is 15.6 Å². The zero-order valence-electron chi connectivity index (χ0n) is 10.7. The molecule has 0 saturated heterocycles. The van der Waals surface area contributed by atoms with Gasteiger partial charge in [0.05, 0.1) is 19.0 Å². The van der Waals surface area contributed by atoms with Gasteiger partial charge in [-0.05, 0) is 18.1 Å². The van der Waals surface area contributed by atoms with Gasteiger partial charge < -0.3 is 15.6 Å². The Morgan fingerprint density at radius 3 is 2.68 bits per heavy atom. The van der Waals surface area contributed by atoms with Crippen LogP contribution in [0.15, 0.2) is 24.3 Å². The number of aliphatic hydroxyl groups is 1. The van der Waals surface area contributed by atoms with E-state index in [0.29, 0.717) is 30.8 Å². The third-order valence-corrected chi connectivity index (χ3v) is 3.76. The fraction of sp³-hybridized carbons (Fsp3) is 0.500. The first-order chi connectivity index (χ1) is 9.05.